The molecule has 0 unspecified atom stereocenters. The van der Waals surface area contributed by atoms with Gasteiger partial charge in [0, 0.05) is 10.8 Å². The fourth-order valence-electron chi connectivity index (χ4n) is 10.3. The van der Waals surface area contributed by atoms with E-state index in [0.29, 0.717) is 0 Å². The van der Waals surface area contributed by atoms with Crippen molar-refractivity contribution in [2.75, 3.05) is 0 Å². The first-order valence-electron chi connectivity index (χ1n) is 21.4. The van der Waals surface area contributed by atoms with Crippen LogP contribution in [-0.4, -0.2) is 8.07 Å². The lowest BCUT2D eigenvalue weighted by Gasteiger charge is -2.37. The Hall–Kier alpha value is -7.78. The Morgan fingerprint density at radius 1 is 0.290 bits per heavy atom. The van der Waals surface area contributed by atoms with Gasteiger partial charge in [-0.05, 0) is 105 Å². The van der Waals surface area contributed by atoms with Crippen LogP contribution in [0.4, 0.5) is 0 Å². The Labute approximate surface area is 361 Å². The summed E-state index contributed by atoms with van der Waals surface area (Å²) in [7, 11) is -3.14. The molecule has 0 amide bonds. The number of fused-ring (bicyclic) bond motifs is 6. The zero-order valence-corrected chi connectivity index (χ0v) is 35.0. The number of rotatable bonds is 7. The molecule has 0 saturated carbocycles. The molecule has 0 aliphatic carbocycles. The maximum Gasteiger partial charge on any atom is 0.181 e. The van der Waals surface area contributed by atoms with Crippen LogP contribution in [0.15, 0.2) is 247 Å². The Bertz CT molecular complexity index is 3450. The molecular weight excluding hydrogens is 765 g/mol. The summed E-state index contributed by atoms with van der Waals surface area (Å²) >= 11 is 0. The smallest absolute Gasteiger partial charge is 0.181 e. The van der Waals surface area contributed by atoms with Crippen LogP contribution < -0.4 is 20.7 Å². The van der Waals surface area contributed by atoms with Gasteiger partial charge < -0.3 is 4.42 Å². The van der Waals surface area contributed by atoms with Gasteiger partial charge in [-0.2, -0.15) is 0 Å². The molecule has 0 saturated heterocycles. The minimum atomic E-state index is -3.14. The minimum absolute atomic E-state index is 0.898. The van der Waals surface area contributed by atoms with Gasteiger partial charge >= 0.3 is 0 Å². The summed E-state index contributed by atoms with van der Waals surface area (Å²) in [6.07, 6.45) is 0. The SMILES string of the molecule is c1ccc([Si](c2ccccc2)(c2ccccc2)c2c(-c3c4ccccc4c(-c4ccc(-c5ccc6ccccc6c5)cc4)c4ccccc34)ccc3oc4ccccc4c23)cc1. The molecule has 11 aromatic carbocycles. The summed E-state index contributed by atoms with van der Waals surface area (Å²) in [5, 5.41) is 15.1. The van der Waals surface area contributed by atoms with Gasteiger partial charge in [0.1, 0.15) is 11.2 Å². The van der Waals surface area contributed by atoms with Crippen molar-refractivity contribution in [3.8, 4) is 33.4 Å². The lowest BCUT2D eigenvalue weighted by Crippen LogP contribution is -2.75. The van der Waals surface area contributed by atoms with Crippen molar-refractivity contribution in [3.05, 3.63) is 243 Å². The fourth-order valence-corrected chi connectivity index (χ4v) is 15.5. The Morgan fingerprint density at radius 3 is 1.32 bits per heavy atom. The average Bonchev–Trinajstić information content (AvgIpc) is 3.73. The number of hydrogen-bond acceptors (Lipinski definition) is 1. The Morgan fingerprint density at radius 2 is 0.742 bits per heavy atom. The van der Waals surface area contributed by atoms with E-state index in [4.69, 9.17) is 4.42 Å². The van der Waals surface area contributed by atoms with Crippen LogP contribution in [0, 0.1) is 0 Å². The zero-order valence-electron chi connectivity index (χ0n) is 34.0. The molecule has 1 heterocycles. The second-order valence-electron chi connectivity index (χ2n) is 16.3. The molecule has 62 heavy (non-hydrogen) atoms. The lowest BCUT2D eigenvalue weighted by atomic mass is 9.85. The standard InChI is InChI=1S/C60H40OSi/c1-4-20-46(21-5-1)62(47-22-6-2-7-23-47,48-24-8-3-9-25-48)60-54(38-39-56-59(60)53-30-16-17-31-55(53)61-56)58-51-28-14-12-26-49(51)57(50-27-13-15-29-52(50)58)43-35-32-42(33-36-43)45-37-34-41-18-10-11-19-44(41)40-45/h1-40H. The molecule has 0 fully saturated rings. The van der Waals surface area contributed by atoms with Crippen LogP contribution in [0.1, 0.15) is 0 Å². The molecule has 12 aromatic rings. The predicted octanol–water partition coefficient (Wildman–Crippen LogP) is 13.4. The average molecular weight is 805 g/mol. The highest BCUT2D eigenvalue weighted by Crippen LogP contribution is 2.45. The van der Waals surface area contributed by atoms with Gasteiger partial charge in [-0.15, -0.1) is 0 Å². The van der Waals surface area contributed by atoms with Crippen molar-refractivity contribution < 1.29 is 4.42 Å². The monoisotopic (exact) mass is 804 g/mol. The van der Waals surface area contributed by atoms with Gasteiger partial charge in [-0.25, -0.2) is 0 Å². The van der Waals surface area contributed by atoms with E-state index in [1.54, 1.807) is 0 Å². The third-order valence-electron chi connectivity index (χ3n) is 13.0. The summed E-state index contributed by atoms with van der Waals surface area (Å²) in [5.74, 6) is 0. The summed E-state index contributed by atoms with van der Waals surface area (Å²) in [4.78, 5) is 0. The number of benzene rings is 11. The normalized spacial score (nSPS) is 11.9. The third kappa shape index (κ3) is 5.61. The summed E-state index contributed by atoms with van der Waals surface area (Å²) in [6.45, 7) is 0. The molecule has 2 heteroatoms. The van der Waals surface area contributed by atoms with Gasteiger partial charge in [0.05, 0.1) is 0 Å². The highest BCUT2D eigenvalue weighted by molar-refractivity contribution is 7.21. The maximum absolute atomic E-state index is 6.82. The Kier molecular flexibility index (Phi) is 8.58. The maximum atomic E-state index is 6.82. The van der Waals surface area contributed by atoms with Crippen molar-refractivity contribution in [1.82, 2.24) is 0 Å². The van der Waals surface area contributed by atoms with E-state index in [9.17, 15) is 0 Å². The summed E-state index contributed by atoms with van der Waals surface area (Å²) in [6, 6.07) is 89.6. The van der Waals surface area contributed by atoms with Crippen molar-refractivity contribution in [2.45, 2.75) is 0 Å². The number of para-hydroxylation sites is 1. The Balaban J connectivity index is 1.20. The summed E-state index contributed by atoms with van der Waals surface area (Å²) in [5.41, 5.74) is 9.16. The topological polar surface area (TPSA) is 13.1 Å². The van der Waals surface area contributed by atoms with E-state index in [1.165, 1.54) is 91.8 Å². The van der Waals surface area contributed by atoms with E-state index in [0.717, 1.165) is 16.6 Å². The summed E-state index contributed by atoms with van der Waals surface area (Å²) < 4.78 is 6.82. The van der Waals surface area contributed by atoms with Crippen LogP contribution in [0.3, 0.4) is 0 Å². The van der Waals surface area contributed by atoms with Gasteiger partial charge in [-0.1, -0.05) is 224 Å². The largest absolute Gasteiger partial charge is 0.456 e. The number of furan rings is 1. The van der Waals surface area contributed by atoms with Crippen LogP contribution in [0.5, 0.6) is 0 Å². The zero-order chi connectivity index (χ0) is 41.0. The first-order chi connectivity index (χ1) is 30.8. The predicted molar refractivity (Wildman–Crippen MR) is 266 cm³/mol. The highest BCUT2D eigenvalue weighted by Gasteiger charge is 2.45. The molecule has 0 spiro atoms. The molecule has 1 aromatic heterocycles. The molecule has 0 N–H and O–H groups in total. The van der Waals surface area contributed by atoms with Crippen LogP contribution in [-0.2, 0) is 0 Å². The molecular formula is C60H40OSi. The lowest BCUT2D eigenvalue weighted by molar-refractivity contribution is 0.669. The van der Waals surface area contributed by atoms with Crippen molar-refractivity contribution >= 4 is 83.1 Å². The van der Waals surface area contributed by atoms with Crippen LogP contribution >= 0.6 is 0 Å². The van der Waals surface area contributed by atoms with Gasteiger partial charge in [0.2, 0.25) is 0 Å². The van der Waals surface area contributed by atoms with E-state index >= 15 is 0 Å². The van der Waals surface area contributed by atoms with E-state index in [2.05, 4.69) is 243 Å². The first-order valence-corrected chi connectivity index (χ1v) is 23.4. The van der Waals surface area contributed by atoms with E-state index in [1.807, 2.05) is 0 Å². The molecule has 0 bridgehead atoms. The van der Waals surface area contributed by atoms with Crippen LogP contribution in [0.25, 0.3) is 87.6 Å². The molecule has 0 aliphatic rings. The van der Waals surface area contributed by atoms with Crippen molar-refractivity contribution in [1.29, 1.82) is 0 Å². The number of hydrogen-bond donors (Lipinski definition) is 0. The van der Waals surface area contributed by atoms with Crippen molar-refractivity contribution in [2.24, 2.45) is 0 Å². The molecule has 0 radical (unpaired) electrons. The quantitative estimate of drug-likeness (QED) is 0.0888. The highest BCUT2D eigenvalue weighted by atomic mass is 28.3. The second kappa shape index (κ2) is 14.7. The van der Waals surface area contributed by atoms with Crippen molar-refractivity contribution in [3.63, 3.8) is 0 Å². The fraction of sp³-hybridized carbons (Fsp3) is 0. The minimum Gasteiger partial charge on any atom is -0.456 e. The van der Waals surface area contributed by atoms with E-state index in [-0.39, 0.29) is 0 Å². The van der Waals surface area contributed by atoms with Gasteiger partial charge in [-0.3, -0.25) is 0 Å². The van der Waals surface area contributed by atoms with Crippen LogP contribution in [0.2, 0.25) is 0 Å². The second-order valence-corrected chi connectivity index (χ2v) is 20.0. The molecule has 290 valence electrons. The molecule has 0 aliphatic heterocycles. The molecule has 1 nitrogen and oxygen atoms in total. The first kappa shape index (κ1) is 36.1. The molecule has 12 rings (SSSR count). The van der Waals surface area contributed by atoms with Gasteiger partial charge in [0.15, 0.2) is 8.07 Å². The van der Waals surface area contributed by atoms with E-state index < -0.39 is 8.07 Å². The molecule has 0 atom stereocenters. The van der Waals surface area contributed by atoms with Gasteiger partial charge in [0.25, 0.3) is 0 Å². The third-order valence-corrected chi connectivity index (χ3v) is 17.9.